The predicted octanol–water partition coefficient (Wildman–Crippen LogP) is 1.45. The fourth-order valence-corrected chi connectivity index (χ4v) is 3.42. The minimum absolute atomic E-state index is 0.0264. The molecule has 3 heterocycles. The van der Waals surface area contributed by atoms with E-state index < -0.39 is 0 Å². The largest absolute Gasteiger partial charge is 0.468 e. The molecule has 0 spiro atoms. The summed E-state index contributed by atoms with van der Waals surface area (Å²) in [6.07, 6.45) is 6.42. The van der Waals surface area contributed by atoms with E-state index in [1.807, 2.05) is 12.1 Å². The maximum atomic E-state index is 12.4. The molecule has 23 heavy (non-hydrogen) atoms. The van der Waals surface area contributed by atoms with Crippen LogP contribution >= 0.6 is 0 Å². The fourth-order valence-electron chi connectivity index (χ4n) is 3.42. The third-order valence-electron chi connectivity index (χ3n) is 4.81. The number of nitrogens with one attached hydrogen (secondary N) is 2. The molecule has 0 aliphatic carbocycles. The topological polar surface area (TPSA) is 74.6 Å². The molecule has 6 heteroatoms. The van der Waals surface area contributed by atoms with Crippen LogP contribution in [0.15, 0.2) is 22.8 Å². The van der Waals surface area contributed by atoms with Crippen molar-refractivity contribution in [3.05, 3.63) is 24.2 Å². The molecule has 126 valence electrons. The molecule has 2 aliphatic heterocycles. The van der Waals surface area contributed by atoms with Crippen molar-refractivity contribution in [3.63, 3.8) is 0 Å². The van der Waals surface area contributed by atoms with Crippen molar-refractivity contribution in [2.45, 2.75) is 38.1 Å². The third kappa shape index (κ3) is 4.13. The quantitative estimate of drug-likeness (QED) is 0.861. The van der Waals surface area contributed by atoms with Crippen molar-refractivity contribution < 1.29 is 14.0 Å². The second-order valence-corrected chi connectivity index (χ2v) is 6.41. The Morgan fingerprint density at radius 2 is 2.22 bits per heavy atom. The lowest BCUT2D eigenvalue weighted by Gasteiger charge is -2.34. The Morgan fingerprint density at radius 1 is 1.39 bits per heavy atom. The highest BCUT2D eigenvalue weighted by molar-refractivity contribution is 5.83. The molecular formula is C17H25N3O3. The number of amides is 2. The van der Waals surface area contributed by atoms with E-state index in [-0.39, 0.29) is 23.8 Å². The summed E-state index contributed by atoms with van der Waals surface area (Å²) in [4.78, 5) is 25.9. The van der Waals surface area contributed by atoms with Crippen LogP contribution in [0.2, 0.25) is 0 Å². The molecule has 1 aromatic heterocycles. The molecule has 2 saturated heterocycles. The van der Waals surface area contributed by atoms with Crippen molar-refractivity contribution in [3.8, 4) is 0 Å². The molecule has 0 aromatic carbocycles. The minimum atomic E-state index is -0.119. The maximum Gasteiger partial charge on any atom is 0.224 e. The van der Waals surface area contributed by atoms with E-state index in [9.17, 15) is 9.59 Å². The van der Waals surface area contributed by atoms with Crippen LogP contribution in [0.3, 0.4) is 0 Å². The van der Waals surface area contributed by atoms with Crippen LogP contribution in [-0.4, -0.2) is 42.9 Å². The second-order valence-electron chi connectivity index (χ2n) is 6.41. The lowest BCUT2D eigenvalue weighted by molar-refractivity contribution is -0.129. The smallest absolute Gasteiger partial charge is 0.224 e. The van der Waals surface area contributed by atoms with Gasteiger partial charge in [-0.05, 0) is 44.5 Å². The molecule has 2 aliphatic rings. The van der Waals surface area contributed by atoms with Gasteiger partial charge >= 0.3 is 0 Å². The third-order valence-corrected chi connectivity index (χ3v) is 4.81. The number of carbonyl (C=O) groups is 2. The van der Waals surface area contributed by atoms with Gasteiger partial charge in [-0.3, -0.25) is 14.5 Å². The number of furan rings is 1. The summed E-state index contributed by atoms with van der Waals surface area (Å²) in [5, 5.41) is 5.82. The number of hydrogen-bond donors (Lipinski definition) is 2. The van der Waals surface area contributed by atoms with E-state index in [1.54, 1.807) is 6.26 Å². The summed E-state index contributed by atoms with van der Waals surface area (Å²) in [5.41, 5.74) is 0. The van der Waals surface area contributed by atoms with Crippen molar-refractivity contribution in [1.82, 2.24) is 15.5 Å². The number of rotatable bonds is 5. The first-order valence-electron chi connectivity index (χ1n) is 8.56. The first-order chi connectivity index (χ1) is 11.2. The van der Waals surface area contributed by atoms with Crippen molar-refractivity contribution >= 4 is 11.8 Å². The number of hydrogen-bond acceptors (Lipinski definition) is 4. The maximum absolute atomic E-state index is 12.4. The zero-order valence-corrected chi connectivity index (χ0v) is 13.4. The summed E-state index contributed by atoms with van der Waals surface area (Å²) in [7, 11) is 0. The summed E-state index contributed by atoms with van der Waals surface area (Å²) >= 11 is 0. The first kappa shape index (κ1) is 16.1. The lowest BCUT2D eigenvalue weighted by Crippen LogP contribution is -2.46. The summed E-state index contributed by atoms with van der Waals surface area (Å²) in [5.74, 6) is 0.852. The van der Waals surface area contributed by atoms with E-state index in [4.69, 9.17) is 4.42 Å². The Bertz CT molecular complexity index is 513. The summed E-state index contributed by atoms with van der Waals surface area (Å²) < 4.78 is 5.59. The molecular weight excluding hydrogens is 294 g/mol. The Balaban J connectivity index is 1.57. The second kappa shape index (κ2) is 7.64. The van der Waals surface area contributed by atoms with Gasteiger partial charge in [-0.25, -0.2) is 0 Å². The molecule has 0 saturated carbocycles. The Kier molecular flexibility index (Phi) is 5.33. The highest BCUT2D eigenvalue weighted by Crippen LogP contribution is 2.24. The van der Waals surface area contributed by atoms with Gasteiger partial charge in [0.05, 0.1) is 18.2 Å². The van der Waals surface area contributed by atoms with E-state index in [0.717, 1.165) is 18.8 Å². The van der Waals surface area contributed by atoms with E-state index in [2.05, 4.69) is 15.5 Å². The molecule has 2 fully saturated rings. The van der Waals surface area contributed by atoms with Crippen molar-refractivity contribution in [2.75, 3.05) is 26.2 Å². The average Bonchev–Trinajstić information content (AvgIpc) is 3.11. The van der Waals surface area contributed by atoms with Gasteiger partial charge in [0.15, 0.2) is 0 Å². The highest BCUT2D eigenvalue weighted by Gasteiger charge is 2.28. The number of carbonyl (C=O) groups excluding carboxylic acids is 2. The van der Waals surface area contributed by atoms with Gasteiger partial charge in [-0.15, -0.1) is 0 Å². The van der Waals surface area contributed by atoms with Gasteiger partial charge in [0.25, 0.3) is 0 Å². The van der Waals surface area contributed by atoms with Crippen LogP contribution in [0.5, 0.6) is 0 Å². The Hall–Kier alpha value is -1.82. The van der Waals surface area contributed by atoms with Crippen LogP contribution in [0.1, 0.15) is 43.9 Å². The SMILES string of the molecule is O=C1CC[C@@H](C(=O)NC[C@@H](c2ccco2)N2CCCCC2)CN1. The van der Waals surface area contributed by atoms with E-state index in [1.165, 1.54) is 19.3 Å². The predicted molar refractivity (Wildman–Crippen MR) is 85.6 cm³/mol. The van der Waals surface area contributed by atoms with Gasteiger partial charge in [-0.1, -0.05) is 6.42 Å². The molecule has 1 aromatic rings. The standard InChI is InChI=1S/C17H25N3O3/c21-16-7-6-13(11-18-16)17(22)19-12-14(15-5-4-10-23-15)20-8-2-1-3-9-20/h4-5,10,13-14H,1-3,6-9,11-12H2,(H,18,21)(H,19,22)/t13-,14+/m1/s1. The minimum Gasteiger partial charge on any atom is -0.468 e. The molecule has 6 nitrogen and oxygen atoms in total. The Morgan fingerprint density at radius 3 is 2.87 bits per heavy atom. The normalized spacial score (nSPS) is 24.0. The van der Waals surface area contributed by atoms with Crippen molar-refractivity contribution in [1.29, 1.82) is 0 Å². The summed E-state index contributed by atoms with van der Waals surface area (Å²) in [6.45, 7) is 3.08. The summed E-state index contributed by atoms with van der Waals surface area (Å²) in [6, 6.07) is 3.96. The zero-order valence-electron chi connectivity index (χ0n) is 13.4. The van der Waals surface area contributed by atoms with Crippen LogP contribution in [0, 0.1) is 5.92 Å². The monoisotopic (exact) mass is 319 g/mol. The fraction of sp³-hybridized carbons (Fsp3) is 0.647. The number of nitrogens with zero attached hydrogens (tertiary/aromatic N) is 1. The van der Waals surface area contributed by atoms with Crippen LogP contribution < -0.4 is 10.6 Å². The van der Waals surface area contributed by atoms with Crippen LogP contribution in [-0.2, 0) is 9.59 Å². The Labute approximate surface area is 136 Å². The van der Waals surface area contributed by atoms with E-state index >= 15 is 0 Å². The van der Waals surface area contributed by atoms with Crippen molar-refractivity contribution in [2.24, 2.45) is 5.92 Å². The molecule has 2 N–H and O–H groups in total. The molecule has 3 rings (SSSR count). The number of piperidine rings is 2. The van der Waals surface area contributed by atoms with Gasteiger partial charge in [-0.2, -0.15) is 0 Å². The average molecular weight is 319 g/mol. The lowest BCUT2D eigenvalue weighted by atomic mass is 9.98. The first-order valence-corrected chi connectivity index (χ1v) is 8.56. The highest BCUT2D eigenvalue weighted by atomic mass is 16.3. The van der Waals surface area contributed by atoms with Gasteiger partial charge < -0.3 is 15.1 Å². The zero-order chi connectivity index (χ0) is 16.1. The van der Waals surface area contributed by atoms with Gasteiger partial charge in [0, 0.05) is 19.5 Å². The van der Waals surface area contributed by atoms with Gasteiger partial charge in [0.2, 0.25) is 11.8 Å². The van der Waals surface area contributed by atoms with Crippen LogP contribution in [0.25, 0.3) is 0 Å². The molecule has 0 radical (unpaired) electrons. The van der Waals surface area contributed by atoms with E-state index in [0.29, 0.717) is 25.9 Å². The number of likely N-dealkylation sites (tertiary alicyclic amines) is 1. The van der Waals surface area contributed by atoms with Crippen LogP contribution in [0.4, 0.5) is 0 Å². The molecule has 0 bridgehead atoms. The molecule has 2 atom stereocenters. The van der Waals surface area contributed by atoms with Gasteiger partial charge in [0.1, 0.15) is 5.76 Å². The molecule has 0 unspecified atom stereocenters. The molecule has 2 amide bonds.